The number of aromatic nitrogens is 1. The standard InChI is InChI=1S/C16H18BrN3O2S/c1-19(2)9-14(15(21)22-4)20(3)16-18-13(10-23-16)11-5-7-12(17)8-6-11/h5-10H,1-4H3/b14-9+. The Balaban J connectivity index is 2.30. The molecule has 1 aromatic heterocycles. The fourth-order valence-corrected chi connectivity index (χ4v) is 2.98. The average molecular weight is 396 g/mol. The van der Waals surface area contributed by atoms with E-state index in [1.165, 1.54) is 18.4 Å². The number of carbonyl (C=O) groups excluding carboxylic acids is 1. The fourth-order valence-electron chi connectivity index (χ4n) is 1.90. The van der Waals surface area contributed by atoms with Gasteiger partial charge in [-0.2, -0.15) is 0 Å². The first-order valence-corrected chi connectivity index (χ1v) is 8.51. The Morgan fingerprint density at radius 3 is 2.48 bits per heavy atom. The third-order valence-electron chi connectivity index (χ3n) is 3.06. The molecule has 0 amide bonds. The molecule has 0 radical (unpaired) electrons. The molecule has 23 heavy (non-hydrogen) atoms. The molecule has 0 fully saturated rings. The van der Waals surface area contributed by atoms with Crippen LogP contribution in [0.5, 0.6) is 0 Å². The highest BCUT2D eigenvalue weighted by Crippen LogP contribution is 2.29. The van der Waals surface area contributed by atoms with E-state index in [1.54, 1.807) is 23.0 Å². The van der Waals surface area contributed by atoms with Crippen LogP contribution >= 0.6 is 27.3 Å². The van der Waals surface area contributed by atoms with Gasteiger partial charge in [-0.25, -0.2) is 9.78 Å². The van der Waals surface area contributed by atoms with Gasteiger partial charge in [0.25, 0.3) is 0 Å². The second-order valence-electron chi connectivity index (χ2n) is 5.05. The molecule has 0 atom stereocenters. The first kappa shape index (κ1) is 17.5. The minimum atomic E-state index is -0.401. The van der Waals surface area contributed by atoms with Crippen molar-refractivity contribution in [2.45, 2.75) is 0 Å². The van der Waals surface area contributed by atoms with Crippen LogP contribution in [0.1, 0.15) is 0 Å². The van der Waals surface area contributed by atoms with Crippen molar-refractivity contribution in [2.24, 2.45) is 0 Å². The quantitative estimate of drug-likeness (QED) is 0.571. The van der Waals surface area contributed by atoms with Crippen LogP contribution in [0.3, 0.4) is 0 Å². The average Bonchev–Trinajstić information content (AvgIpc) is 3.01. The van der Waals surface area contributed by atoms with Crippen molar-refractivity contribution in [1.82, 2.24) is 9.88 Å². The molecule has 0 bridgehead atoms. The second kappa shape index (κ2) is 7.61. The number of esters is 1. The summed E-state index contributed by atoms with van der Waals surface area (Å²) in [6, 6.07) is 7.95. The molecule has 0 unspecified atom stereocenters. The number of thiazole rings is 1. The topological polar surface area (TPSA) is 45.7 Å². The van der Waals surface area contributed by atoms with Gasteiger partial charge in [-0.15, -0.1) is 11.3 Å². The van der Waals surface area contributed by atoms with Crippen molar-refractivity contribution in [2.75, 3.05) is 33.2 Å². The largest absolute Gasteiger partial charge is 0.464 e. The number of carbonyl (C=O) groups is 1. The van der Waals surface area contributed by atoms with E-state index in [-0.39, 0.29) is 0 Å². The van der Waals surface area contributed by atoms with E-state index in [4.69, 9.17) is 4.74 Å². The maximum Gasteiger partial charge on any atom is 0.356 e. The zero-order valence-corrected chi connectivity index (χ0v) is 15.8. The lowest BCUT2D eigenvalue weighted by molar-refractivity contribution is -0.136. The Morgan fingerprint density at radius 2 is 1.91 bits per heavy atom. The van der Waals surface area contributed by atoms with Gasteiger partial charge >= 0.3 is 5.97 Å². The highest BCUT2D eigenvalue weighted by molar-refractivity contribution is 9.10. The lowest BCUT2D eigenvalue weighted by atomic mass is 10.2. The Morgan fingerprint density at radius 1 is 1.26 bits per heavy atom. The number of ether oxygens (including phenoxy) is 1. The van der Waals surface area contributed by atoms with Gasteiger partial charge in [0.1, 0.15) is 5.70 Å². The van der Waals surface area contributed by atoms with Crippen LogP contribution < -0.4 is 4.90 Å². The molecule has 122 valence electrons. The summed E-state index contributed by atoms with van der Waals surface area (Å²) in [4.78, 5) is 20.1. The van der Waals surface area contributed by atoms with Crippen molar-refractivity contribution in [1.29, 1.82) is 0 Å². The predicted molar refractivity (Wildman–Crippen MR) is 97.4 cm³/mol. The number of nitrogens with zero attached hydrogens (tertiary/aromatic N) is 3. The van der Waals surface area contributed by atoms with Crippen molar-refractivity contribution in [3.63, 3.8) is 0 Å². The van der Waals surface area contributed by atoms with Crippen LogP contribution in [0.4, 0.5) is 5.13 Å². The van der Waals surface area contributed by atoms with Gasteiger partial charge in [0, 0.05) is 42.8 Å². The normalized spacial score (nSPS) is 11.3. The third-order valence-corrected chi connectivity index (χ3v) is 4.50. The van der Waals surface area contributed by atoms with Crippen molar-refractivity contribution >= 4 is 38.4 Å². The van der Waals surface area contributed by atoms with E-state index in [1.807, 2.05) is 43.7 Å². The summed E-state index contributed by atoms with van der Waals surface area (Å²) in [6.07, 6.45) is 1.71. The van der Waals surface area contributed by atoms with Crippen LogP contribution in [0.25, 0.3) is 11.3 Å². The smallest absolute Gasteiger partial charge is 0.356 e. The Hall–Kier alpha value is -1.86. The van der Waals surface area contributed by atoms with Crippen LogP contribution in [0.2, 0.25) is 0 Å². The molecule has 2 aromatic rings. The molecular formula is C16H18BrN3O2S. The van der Waals surface area contributed by atoms with E-state index in [2.05, 4.69) is 20.9 Å². The molecule has 1 heterocycles. The van der Waals surface area contributed by atoms with E-state index in [0.29, 0.717) is 5.70 Å². The number of rotatable bonds is 5. The van der Waals surface area contributed by atoms with E-state index in [9.17, 15) is 4.79 Å². The van der Waals surface area contributed by atoms with Gasteiger partial charge in [0.05, 0.1) is 12.8 Å². The number of anilines is 1. The van der Waals surface area contributed by atoms with Gasteiger partial charge in [-0.1, -0.05) is 28.1 Å². The summed E-state index contributed by atoms with van der Waals surface area (Å²) in [7, 11) is 6.88. The van der Waals surface area contributed by atoms with E-state index >= 15 is 0 Å². The number of methoxy groups -OCH3 is 1. The highest BCUT2D eigenvalue weighted by atomic mass is 79.9. The second-order valence-corrected chi connectivity index (χ2v) is 6.80. The summed E-state index contributed by atoms with van der Waals surface area (Å²) in [6.45, 7) is 0. The molecule has 0 N–H and O–H groups in total. The summed E-state index contributed by atoms with van der Waals surface area (Å²) < 4.78 is 5.88. The Bertz CT molecular complexity index is 710. The summed E-state index contributed by atoms with van der Waals surface area (Å²) in [5.74, 6) is -0.401. The maximum absolute atomic E-state index is 12.0. The van der Waals surface area contributed by atoms with Gasteiger partial charge in [0.2, 0.25) is 0 Å². The summed E-state index contributed by atoms with van der Waals surface area (Å²) in [5.41, 5.74) is 2.33. The first-order valence-electron chi connectivity index (χ1n) is 6.84. The van der Waals surface area contributed by atoms with Gasteiger partial charge < -0.3 is 14.5 Å². The number of halogens is 1. The molecule has 0 saturated heterocycles. The Labute approximate surface area is 148 Å². The molecule has 0 aliphatic heterocycles. The molecule has 0 aliphatic carbocycles. The van der Waals surface area contributed by atoms with Crippen LogP contribution in [0.15, 0.2) is 46.0 Å². The SMILES string of the molecule is COC(=O)/C(=C\N(C)C)N(C)c1nc(-c2ccc(Br)cc2)cs1. The van der Waals surface area contributed by atoms with E-state index < -0.39 is 5.97 Å². The zero-order valence-electron chi connectivity index (χ0n) is 13.4. The summed E-state index contributed by atoms with van der Waals surface area (Å²) in [5, 5.41) is 2.70. The summed E-state index contributed by atoms with van der Waals surface area (Å²) >= 11 is 4.90. The number of hydrogen-bond acceptors (Lipinski definition) is 6. The lowest BCUT2D eigenvalue weighted by Gasteiger charge is -2.19. The van der Waals surface area contributed by atoms with Gasteiger partial charge in [-0.3, -0.25) is 0 Å². The molecule has 7 heteroatoms. The van der Waals surface area contributed by atoms with Crippen LogP contribution in [-0.4, -0.2) is 44.1 Å². The van der Waals surface area contributed by atoms with Gasteiger partial charge in [0.15, 0.2) is 5.13 Å². The molecule has 0 saturated carbocycles. The van der Waals surface area contributed by atoms with Crippen molar-refractivity contribution in [3.05, 3.63) is 46.0 Å². The molecule has 0 aliphatic rings. The highest BCUT2D eigenvalue weighted by Gasteiger charge is 2.19. The minimum absolute atomic E-state index is 0.401. The number of benzene rings is 1. The van der Waals surface area contributed by atoms with Crippen LogP contribution in [-0.2, 0) is 9.53 Å². The third kappa shape index (κ3) is 4.33. The fraction of sp³-hybridized carbons (Fsp3) is 0.250. The Kier molecular flexibility index (Phi) is 5.79. The minimum Gasteiger partial charge on any atom is -0.464 e. The van der Waals surface area contributed by atoms with Crippen molar-refractivity contribution in [3.8, 4) is 11.3 Å². The van der Waals surface area contributed by atoms with Gasteiger partial charge in [-0.05, 0) is 12.1 Å². The molecule has 0 spiro atoms. The first-order chi connectivity index (χ1) is 10.9. The molecular weight excluding hydrogens is 378 g/mol. The molecule has 1 aromatic carbocycles. The van der Waals surface area contributed by atoms with Crippen LogP contribution in [0, 0.1) is 0 Å². The maximum atomic E-state index is 12.0. The predicted octanol–water partition coefficient (Wildman–Crippen LogP) is 3.58. The number of likely N-dealkylation sites (N-methyl/N-ethyl adjacent to an activating group) is 1. The zero-order chi connectivity index (χ0) is 17.0. The lowest BCUT2D eigenvalue weighted by Crippen LogP contribution is -2.26. The monoisotopic (exact) mass is 395 g/mol. The molecule has 5 nitrogen and oxygen atoms in total. The number of hydrogen-bond donors (Lipinski definition) is 0. The van der Waals surface area contributed by atoms with Crippen molar-refractivity contribution < 1.29 is 9.53 Å². The van der Waals surface area contributed by atoms with E-state index in [0.717, 1.165) is 20.9 Å². The molecule has 2 rings (SSSR count).